The lowest BCUT2D eigenvalue weighted by molar-refractivity contribution is -0.133. The Labute approximate surface area is 243 Å². The summed E-state index contributed by atoms with van der Waals surface area (Å²) in [5.74, 6) is -1.03. The lowest BCUT2D eigenvalue weighted by Gasteiger charge is -2.31. The molecule has 9 nitrogen and oxygen atoms in total. The number of carbonyl (C=O) groups is 2. The van der Waals surface area contributed by atoms with Gasteiger partial charge in [-0.1, -0.05) is 48.5 Å². The maximum absolute atomic E-state index is 15.0. The molecule has 2 aliphatic rings. The highest BCUT2D eigenvalue weighted by Gasteiger charge is 2.36. The number of amides is 3. The summed E-state index contributed by atoms with van der Waals surface area (Å²) >= 11 is 0. The Kier molecular flexibility index (Phi) is 9.40. The van der Waals surface area contributed by atoms with Crippen LogP contribution in [0.15, 0.2) is 77.9 Å². The molecule has 0 aliphatic carbocycles. The Bertz CT molecular complexity index is 1450. The average molecular weight is 578 g/mol. The van der Waals surface area contributed by atoms with Gasteiger partial charge in [0.15, 0.2) is 0 Å². The van der Waals surface area contributed by atoms with E-state index in [4.69, 9.17) is 9.47 Å². The zero-order valence-corrected chi connectivity index (χ0v) is 23.3. The van der Waals surface area contributed by atoms with E-state index < -0.39 is 29.6 Å². The zero-order valence-electron chi connectivity index (χ0n) is 23.3. The van der Waals surface area contributed by atoms with Crippen molar-refractivity contribution in [2.24, 2.45) is 5.10 Å². The summed E-state index contributed by atoms with van der Waals surface area (Å²) in [5, 5.41) is 8.50. The molecule has 1 unspecified atom stereocenters. The van der Waals surface area contributed by atoms with Crippen molar-refractivity contribution in [3.05, 3.63) is 95.6 Å². The summed E-state index contributed by atoms with van der Waals surface area (Å²) < 4.78 is 40.4. The van der Waals surface area contributed by atoms with Crippen LogP contribution in [0, 0.1) is 11.6 Å². The van der Waals surface area contributed by atoms with E-state index in [0.717, 1.165) is 0 Å². The second kappa shape index (κ2) is 13.5. The lowest BCUT2D eigenvalue weighted by Crippen LogP contribution is -2.47. The quantitative estimate of drug-likeness (QED) is 0.404. The van der Waals surface area contributed by atoms with E-state index in [1.807, 2.05) is 0 Å². The SMILES string of the molecule is COc1ccccc1NC(=O)N(CCN1CCOCC1)CC(=O)N1N=C(c2ccccc2F)CC1c1ccccc1F. The molecule has 0 aromatic heterocycles. The molecule has 11 heteroatoms. The molecule has 0 bridgehead atoms. The molecule has 3 aromatic rings. The summed E-state index contributed by atoms with van der Waals surface area (Å²) in [6.45, 7) is 3.06. The third-order valence-corrected chi connectivity index (χ3v) is 7.37. The third-order valence-electron chi connectivity index (χ3n) is 7.37. The molecule has 2 heterocycles. The van der Waals surface area contributed by atoms with Crippen LogP contribution in [0.4, 0.5) is 19.3 Å². The van der Waals surface area contributed by atoms with Gasteiger partial charge in [-0.15, -0.1) is 0 Å². The first kappa shape index (κ1) is 29.2. The van der Waals surface area contributed by atoms with Gasteiger partial charge in [0.2, 0.25) is 0 Å². The number of anilines is 1. The average Bonchev–Trinajstić information content (AvgIpc) is 3.45. The highest BCUT2D eigenvalue weighted by molar-refractivity contribution is 6.03. The molecular formula is C31H33F2N5O4. The number of nitrogens with zero attached hydrogens (tertiary/aromatic N) is 4. The number of morpholine rings is 1. The van der Waals surface area contributed by atoms with Crippen molar-refractivity contribution in [1.82, 2.24) is 14.8 Å². The summed E-state index contributed by atoms with van der Waals surface area (Å²) in [7, 11) is 1.51. The predicted molar refractivity (Wildman–Crippen MR) is 154 cm³/mol. The number of hydrazone groups is 1. The number of hydrogen-bond donors (Lipinski definition) is 1. The fourth-order valence-corrected chi connectivity index (χ4v) is 5.10. The summed E-state index contributed by atoms with van der Waals surface area (Å²) in [6.07, 6.45) is 0.120. The fourth-order valence-electron chi connectivity index (χ4n) is 5.10. The number of para-hydroxylation sites is 2. The van der Waals surface area contributed by atoms with Gasteiger partial charge in [0, 0.05) is 43.7 Å². The fraction of sp³-hybridized carbons (Fsp3) is 0.323. The van der Waals surface area contributed by atoms with Crippen LogP contribution in [0.25, 0.3) is 0 Å². The molecule has 42 heavy (non-hydrogen) atoms. The third kappa shape index (κ3) is 6.75. The Morgan fingerprint density at radius 3 is 2.43 bits per heavy atom. The van der Waals surface area contributed by atoms with E-state index in [1.54, 1.807) is 60.7 Å². The number of methoxy groups -OCH3 is 1. The van der Waals surface area contributed by atoms with E-state index in [2.05, 4.69) is 15.3 Å². The number of urea groups is 1. The molecule has 5 rings (SSSR count). The van der Waals surface area contributed by atoms with Crippen LogP contribution in [0.2, 0.25) is 0 Å². The molecule has 0 spiro atoms. The van der Waals surface area contributed by atoms with Crippen molar-refractivity contribution in [1.29, 1.82) is 0 Å². The van der Waals surface area contributed by atoms with Crippen LogP contribution >= 0.6 is 0 Å². The summed E-state index contributed by atoms with van der Waals surface area (Å²) in [4.78, 5) is 31.0. The molecule has 3 aromatic carbocycles. The molecule has 1 atom stereocenters. The van der Waals surface area contributed by atoms with Gasteiger partial charge < -0.3 is 19.7 Å². The van der Waals surface area contributed by atoms with Crippen LogP contribution in [0.3, 0.4) is 0 Å². The van der Waals surface area contributed by atoms with Gasteiger partial charge >= 0.3 is 6.03 Å². The Morgan fingerprint density at radius 2 is 1.69 bits per heavy atom. The lowest BCUT2D eigenvalue weighted by atomic mass is 9.97. The van der Waals surface area contributed by atoms with E-state index in [9.17, 15) is 18.4 Å². The second-order valence-corrected chi connectivity index (χ2v) is 10.0. The van der Waals surface area contributed by atoms with E-state index >= 15 is 0 Å². The van der Waals surface area contributed by atoms with Crippen LogP contribution in [-0.2, 0) is 9.53 Å². The number of benzene rings is 3. The van der Waals surface area contributed by atoms with Gasteiger partial charge in [0.05, 0.1) is 37.8 Å². The van der Waals surface area contributed by atoms with Crippen molar-refractivity contribution in [2.75, 3.05) is 58.4 Å². The molecule has 3 amide bonds. The van der Waals surface area contributed by atoms with Crippen LogP contribution in [-0.4, -0.2) is 85.5 Å². The number of carbonyl (C=O) groups excluding carboxylic acids is 2. The van der Waals surface area contributed by atoms with Gasteiger partial charge in [-0.2, -0.15) is 5.10 Å². The number of hydrogen-bond acceptors (Lipinski definition) is 6. The first-order chi connectivity index (χ1) is 20.4. The molecule has 1 saturated heterocycles. The maximum Gasteiger partial charge on any atom is 0.322 e. The molecule has 2 aliphatic heterocycles. The number of ether oxygens (including phenoxy) is 2. The minimum absolute atomic E-state index is 0.120. The van der Waals surface area contributed by atoms with Crippen molar-refractivity contribution < 1.29 is 27.8 Å². The molecule has 1 fully saturated rings. The minimum Gasteiger partial charge on any atom is -0.495 e. The zero-order chi connectivity index (χ0) is 29.5. The molecule has 0 radical (unpaired) electrons. The highest BCUT2D eigenvalue weighted by atomic mass is 19.1. The van der Waals surface area contributed by atoms with Crippen molar-refractivity contribution in [3.63, 3.8) is 0 Å². The molecular weight excluding hydrogens is 544 g/mol. The summed E-state index contributed by atoms with van der Waals surface area (Å²) in [5.41, 5.74) is 1.29. The van der Waals surface area contributed by atoms with E-state index in [0.29, 0.717) is 50.0 Å². The standard InChI is InChI=1S/C31H33F2N5O4/c1-41-29-13-7-6-12-26(29)34-31(40)37(15-14-36-16-18-42-19-17-36)21-30(39)38-28(23-9-3-5-11-25(23)33)20-27(35-38)22-8-2-4-10-24(22)32/h2-13,28H,14-21H2,1H3,(H,34,40). The van der Waals surface area contributed by atoms with Crippen LogP contribution in [0.5, 0.6) is 5.75 Å². The topological polar surface area (TPSA) is 86.7 Å². The number of halogens is 2. The molecule has 0 saturated carbocycles. The predicted octanol–water partition coefficient (Wildman–Crippen LogP) is 4.52. The second-order valence-electron chi connectivity index (χ2n) is 10.0. The van der Waals surface area contributed by atoms with Crippen LogP contribution in [0.1, 0.15) is 23.6 Å². The molecule has 1 N–H and O–H groups in total. The van der Waals surface area contributed by atoms with Gasteiger partial charge in [-0.25, -0.2) is 18.6 Å². The van der Waals surface area contributed by atoms with E-state index in [1.165, 1.54) is 29.2 Å². The van der Waals surface area contributed by atoms with Gasteiger partial charge in [-0.05, 0) is 24.3 Å². The Hall–Kier alpha value is -4.35. The highest BCUT2D eigenvalue weighted by Crippen LogP contribution is 2.35. The van der Waals surface area contributed by atoms with Crippen molar-refractivity contribution >= 4 is 23.3 Å². The first-order valence-electron chi connectivity index (χ1n) is 13.8. The van der Waals surface area contributed by atoms with E-state index in [-0.39, 0.29) is 30.6 Å². The Balaban J connectivity index is 1.41. The Morgan fingerprint density at radius 1 is 1.00 bits per heavy atom. The van der Waals surface area contributed by atoms with Crippen molar-refractivity contribution in [2.45, 2.75) is 12.5 Å². The van der Waals surface area contributed by atoms with Crippen LogP contribution < -0.4 is 10.1 Å². The maximum atomic E-state index is 15.0. The monoisotopic (exact) mass is 577 g/mol. The number of nitrogens with one attached hydrogen (secondary N) is 1. The number of rotatable bonds is 9. The summed E-state index contributed by atoms with van der Waals surface area (Å²) in [6, 6.07) is 18.0. The van der Waals surface area contributed by atoms with Gasteiger partial charge in [0.25, 0.3) is 5.91 Å². The normalized spacial score (nSPS) is 17.1. The largest absolute Gasteiger partial charge is 0.495 e. The minimum atomic E-state index is -0.799. The molecule has 220 valence electrons. The van der Waals surface area contributed by atoms with Gasteiger partial charge in [0.1, 0.15) is 23.9 Å². The van der Waals surface area contributed by atoms with Crippen molar-refractivity contribution in [3.8, 4) is 5.75 Å². The first-order valence-corrected chi connectivity index (χ1v) is 13.8. The van der Waals surface area contributed by atoms with Gasteiger partial charge in [-0.3, -0.25) is 9.69 Å². The smallest absolute Gasteiger partial charge is 0.322 e.